The highest BCUT2D eigenvalue weighted by Crippen LogP contribution is 2.47. The van der Waals surface area contributed by atoms with Gasteiger partial charge in [0.2, 0.25) is 10.0 Å². The first-order valence-corrected chi connectivity index (χ1v) is 14.5. The number of nitrogens with one attached hydrogen (secondary N) is 2. The Morgan fingerprint density at radius 2 is 1.92 bits per heavy atom. The molecule has 0 aromatic carbocycles. The maximum atomic E-state index is 13.5. The van der Waals surface area contributed by atoms with Gasteiger partial charge in [0.05, 0.1) is 27.7 Å². The summed E-state index contributed by atoms with van der Waals surface area (Å²) in [5.74, 6) is 0.737. The molecule has 0 amide bonds. The lowest BCUT2D eigenvalue weighted by Crippen LogP contribution is -2.54. The van der Waals surface area contributed by atoms with Gasteiger partial charge in [-0.2, -0.15) is 15.1 Å². The molecule has 1 saturated heterocycles. The van der Waals surface area contributed by atoms with Gasteiger partial charge in [-0.25, -0.2) is 21.7 Å². The van der Waals surface area contributed by atoms with E-state index in [1.165, 1.54) is 6.07 Å². The quantitative estimate of drug-likeness (QED) is 0.461. The lowest BCUT2D eigenvalue weighted by Gasteiger charge is -2.37. The van der Waals surface area contributed by atoms with Crippen molar-refractivity contribution in [2.24, 2.45) is 0 Å². The molecule has 0 radical (unpaired) electrons. The summed E-state index contributed by atoms with van der Waals surface area (Å²) in [7, 11) is -4.06. The number of anilines is 1. The van der Waals surface area contributed by atoms with Gasteiger partial charge in [-0.15, -0.1) is 10.2 Å². The maximum absolute atomic E-state index is 13.5. The highest BCUT2D eigenvalue weighted by Gasteiger charge is 2.47. The molecule has 10 nitrogen and oxygen atoms in total. The summed E-state index contributed by atoms with van der Waals surface area (Å²) in [5.41, 5.74) is 0.643. The molecule has 4 heterocycles. The molecule has 2 aliphatic carbocycles. The first kappa shape index (κ1) is 24.6. The molecule has 2 atom stereocenters. The van der Waals surface area contributed by atoms with Crippen molar-refractivity contribution < 1.29 is 17.2 Å². The molecule has 2 N–H and O–H groups in total. The zero-order valence-corrected chi connectivity index (χ0v) is 21.9. The van der Waals surface area contributed by atoms with Gasteiger partial charge in [0.15, 0.2) is 10.0 Å². The number of aromatic nitrogens is 4. The fourth-order valence-corrected chi connectivity index (χ4v) is 7.15. The largest absolute Gasteiger partial charge is 0.353 e. The third-order valence-electron chi connectivity index (χ3n) is 7.01. The van der Waals surface area contributed by atoms with Crippen molar-refractivity contribution in [2.45, 2.75) is 74.4 Å². The Bertz CT molecular complexity index is 1510. The summed E-state index contributed by atoms with van der Waals surface area (Å²) in [5, 5.41) is 25.5. The van der Waals surface area contributed by atoms with Crippen molar-refractivity contribution in [2.75, 3.05) is 18.0 Å². The van der Waals surface area contributed by atoms with Crippen molar-refractivity contribution in [3.8, 4) is 16.6 Å². The van der Waals surface area contributed by atoms with Crippen molar-refractivity contribution >= 4 is 32.7 Å². The van der Waals surface area contributed by atoms with E-state index in [-0.39, 0.29) is 22.9 Å². The van der Waals surface area contributed by atoms with Crippen LogP contribution in [0.3, 0.4) is 0 Å². The number of halogens is 2. The average molecular weight is 549 g/mol. The zero-order chi connectivity index (χ0) is 26.1. The van der Waals surface area contributed by atoms with Crippen molar-refractivity contribution in [1.29, 1.82) is 5.26 Å². The summed E-state index contributed by atoms with van der Waals surface area (Å²) < 4.78 is 58.0. The SMILES string of the molecule is C[C@H]1CN(c2cc(S(=O)(=O)NC3(C#N)CC3)cc3c(-c4nnc(C(F)F)s4)c(C4CC4)nn23)C[C@H](C)N1. The van der Waals surface area contributed by atoms with Crippen molar-refractivity contribution in [3.63, 3.8) is 0 Å². The van der Waals surface area contributed by atoms with Crippen LogP contribution in [0.4, 0.5) is 14.6 Å². The molecular weight excluding hydrogens is 522 g/mol. The van der Waals surface area contributed by atoms with Gasteiger partial charge in [-0.3, -0.25) is 0 Å². The monoisotopic (exact) mass is 548 g/mol. The predicted molar refractivity (Wildman–Crippen MR) is 133 cm³/mol. The van der Waals surface area contributed by atoms with Crippen LogP contribution in [-0.4, -0.2) is 58.9 Å². The molecule has 3 aromatic heterocycles. The van der Waals surface area contributed by atoms with E-state index in [0.717, 1.165) is 24.2 Å². The second-order valence-corrected chi connectivity index (χ2v) is 13.0. The van der Waals surface area contributed by atoms with Crippen LogP contribution in [0.1, 0.15) is 62.6 Å². The first-order valence-electron chi connectivity index (χ1n) is 12.2. The van der Waals surface area contributed by atoms with Gasteiger partial charge in [-0.1, -0.05) is 11.3 Å². The van der Waals surface area contributed by atoms with Crippen LogP contribution in [0.15, 0.2) is 17.0 Å². The number of hydrogen-bond donors (Lipinski definition) is 2. The van der Waals surface area contributed by atoms with Gasteiger partial charge < -0.3 is 10.2 Å². The van der Waals surface area contributed by atoms with Crippen molar-refractivity contribution in [3.05, 3.63) is 22.8 Å². The number of sulfonamides is 1. The predicted octanol–water partition coefficient (Wildman–Crippen LogP) is 3.19. The standard InChI is InChI=1S/C23H26F2N8O2S2/c1-12-9-32(10-13(2)27-12)17-8-15(37(34,35)31-23(11-26)5-6-23)7-16-18(19(14-3-4-14)30-33(16)17)21-28-29-22(36-21)20(24)25/h7-8,12-14,20,27,31H,3-6,9-10H2,1-2H3/t12-,13-/m0/s1. The van der Waals surface area contributed by atoms with E-state index in [9.17, 15) is 22.5 Å². The number of nitriles is 1. The van der Waals surface area contributed by atoms with Gasteiger partial charge in [-0.05, 0) is 45.6 Å². The molecule has 0 spiro atoms. The third-order valence-corrected chi connectivity index (χ3v) is 9.47. The fourth-order valence-electron chi connectivity index (χ4n) is 4.98. The van der Waals surface area contributed by atoms with E-state index in [1.807, 2.05) is 0 Å². The summed E-state index contributed by atoms with van der Waals surface area (Å²) in [6.07, 6.45) is -0.0271. The highest BCUT2D eigenvalue weighted by atomic mass is 32.2. The minimum absolute atomic E-state index is 0.00235. The van der Waals surface area contributed by atoms with E-state index >= 15 is 0 Å². The third kappa shape index (κ3) is 4.47. The number of fused-ring (bicyclic) bond motifs is 1. The second-order valence-electron chi connectivity index (χ2n) is 10.3. The van der Waals surface area contributed by atoms with Crippen LogP contribution in [0.5, 0.6) is 0 Å². The second kappa shape index (κ2) is 8.65. The molecule has 2 saturated carbocycles. The maximum Gasteiger partial charge on any atom is 0.291 e. The van der Waals surface area contributed by atoms with Crippen LogP contribution >= 0.6 is 11.3 Å². The topological polar surface area (TPSA) is 128 Å². The smallest absolute Gasteiger partial charge is 0.291 e. The summed E-state index contributed by atoms with van der Waals surface area (Å²) in [6, 6.07) is 5.47. The molecule has 37 heavy (non-hydrogen) atoms. The van der Waals surface area contributed by atoms with E-state index in [4.69, 9.17) is 5.10 Å². The highest BCUT2D eigenvalue weighted by molar-refractivity contribution is 7.89. The van der Waals surface area contributed by atoms with E-state index in [1.54, 1.807) is 10.6 Å². The molecule has 1 aliphatic heterocycles. The Balaban J connectivity index is 1.57. The lowest BCUT2D eigenvalue weighted by atomic mass is 10.1. The zero-order valence-electron chi connectivity index (χ0n) is 20.3. The molecule has 14 heteroatoms. The van der Waals surface area contributed by atoms with Crippen LogP contribution in [0, 0.1) is 11.3 Å². The molecule has 0 bridgehead atoms. The Morgan fingerprint density at radius 3 is 2.49 bits per heavy atom. The lowest BCUT2D eigenvalue weighted by molar-refractivity contribution is 0.150. The Morgan fingerprint density at radius 1 is 1.22 bits per heavy atom. The molecule has 3 aliphatic rings. The van der Waals surface area contributed by atoms with E-state index < -0.39 is 27.0 Å². The van der Waals surface area contributed by atoms with Crippen LogP contribution in [0.25, 0.3) is 16.1 Å². The van der Waals surface area contributed by atoms with Gasteiger partial charge >= 0.3 is 0 Å². The van der Waals surface area contributed by atoms with Crippen molar-refractivity contribution in [1.82, 2.24) is 29.9 Å². The molecule has 0 unspecified atom stereocenters. The number of pyridine rings is 1. The summed E-state index contributed by atoms with van der Waals surface area (Å²) in [4.78, 5) is 2.09. The minimum Gasteiger partial charge on any atom is -0.353 e. The van der Waals surface area contributed by atoms with E-state index in [2.05, 4.69) is 45.1 Å². The average Bonchev–Trinajstić information content (AvgIpc) is 3.74. The number of piperazine rings is 1. The van der Waals surface area contributed by atoms with Crippen LogP contribution in [-0.2, 0) is 10.0 Å². The fraction of sp³-hybridized carbons (Fsp3) is 0.565. The Hall–Kier alpha value is -2.73. The summed E-state index contributed by atoms with van der Waals surface area (Å²) >= 11 is 0.795. The van der Waals surface area contributed by atoms with Gasteiger partial charge in [0, 0.05) is 37.2 Å². The molecular formula is C23H26F2N8O2S2. The molecule has 196 valence electrons. The minimum atomic E-state index is -4.06. The van der Waals surface area contributed by atoms with Crippen LogP contribution < -0.4 is 14.9 Å². The normalized spacial score (nSPS) is 23.5. The molecule has 3 fully saturated rings. The van der Waals surface area contributed by atoms with Gasteiger partial charge in [0.25, 0.3) is 6.43 Å². The van der Waals surface area contributed by atoms with Crippen LogP contribution in [0.2, 0.25) is 0 Å². The molecule has 6 rings (SSSR count). The first-order chi connectivity index (χ1) is 17.6. The van der Waals surface area contributed by atoms with E-state index in [0.29, 0.717) is 53.5 Å². The number of hydrogen-bond acceptors (Lipinski definition) is 9. The summed E-state index contributed by atoms with van der Waals surface area (Å²) in [6.45, 7) is 5.37. The number of rotatable bonds is 7. The number of alkyl halides is 2. The number of nitrogens with zero attached hydrogens (tertiary/aromatic N) is 6. The van der Waals surface area contributed by atoms with Gasteiger partial charge in [0.1, 0.15) is 11.4 Å². The Labute approximate surface area is 216 Å². The molecule has 3 aromatic rings. The Kier molecular flexibility index (Phi) is 5.75.